The van der Waals surface area contributed by atoms with Crippen LogP contribution in [0, 0.1) is 13.8 Å². The van der Waals surface area contributed by atoms with Gasteiger partial charge in [0.05, 0.1) is 17.4 Å². The molecule has 0 aliphatic rings. The number of carboxylic acids is 1. The van der Waals surface area contributed by atoms with Gasteiger partial charge in [-0.15, -0.1) is 11.3 Å². The number of nitrogens with one attached hydrogen (secondary N) is 1. The Bertz CT molecular complexity index is 715. The molecule has 0 radical (unpaired) electrons. The highest BCUT2D eigenvalue weighted by atomic mass is 32.1. The number of aryl methyl sites for hydroxylation is 2. The van der Waals surface area contributed by atoms with E-state index in [4.69, 9.17) is 9.52 Å². The van der Waals surface area contributed by atoms with Gasteiger partial charge in [0, 0.05) is 16.6 Å². The number of nitrogens with zero attached hydrogens (tertiary/aromatic N) is 1. The molecule has 0 spiro atoms. The van der Waals surface area contributed by atoms with Crippen molar-refractivity contribution in [2.24, 2.45) is 0 Å². The number of carbonyl (C=O) groups excluding carboxylic acids is 1. The Morgan fingerprint density at radius 1 is 1.41 bits per heavy atom. The van der Waals surface area contributed by atoms with Crippen LogP contribution in [0.25, 0.3) is 0 Å². The molecule has 0 aliphatic heterocycles. The number of aromatic nitrogens is 1. The Labute approximate surface area is 132 Å². The second kappa shape index (κ2) is 5.92. The van der Waals surface area contributed by atoms with Crippen LogP contribution in [-0.2, 0) is 16.8 Å². The van der Waals surface area contributed by atoms with Crippen LogP contribution < -0.4 is 5.32 Å². The van der Waals surface area contributed by atoms with E-state index >= 15 is 0 Å². The summed E-state index contributed by atoms with van der Waals surface area (Å²) >= 11 is 1.51. The van der Waals surface area contributed by atoms with E-state index in [1.165, 1.54) is 17.6 Å². The van der Waals surface area contributed by atoms with Gasteiger partial charge in [0.1, 0.15) is 17.2 Å². The smallest absolute Gasteiger partial charge is 0.311 e. The molecule has 6 nitrogen and oxygen atoms in total. The lowest BCUT2D eigenvalue weighted by Gasteiger charge is -2.24. The Hall–Kier alpha value is -2.15. The predicted molar refractivity (Wildman–Crippen MR) is 82.1 cm³/mol. The van der Waals surface area contributed by atoms with E-state index in [1.54, 1.807) is 13.1 Å². The van der Waals surface area contributed by atoms with Gasteiger partial charge < -0.3 is 14.8 Å². The molecular weight excluding hydrogens is 304 g/mol. The van der Waals surface area contributed by atoms with Crippen LogP contribution in [0.3, 0.4) is 0 Å². The van der Waals surface area contributed by atoms with Crippen molar-refractivity contribution >= 4 is 23.2 Å². The summed E-state index contributed by atoms with van der Waals surface area (Å²) in [7, 11) is 0. The summed E-state index contributed by atoms with van der Waals surface area (Å²) in [4.78, 5) is 28.8. The first kappa shape index (κ1) is 16.2. The van der Waals surface area contributed by atoms with E-state index in [1.807, 2.05) is 20.8 Å². The summed E-state index contributed by atoms with van der Waals surface area (Å²) in [5.41, 5.74) is 0.240. The van der Waals surface area contributed by atoms with Crippen molar-refractivity contribution < 1.29 is 19.1 Å². The summed E-state index contributed by atoms with van der Waals surface area (Å²) in [6.07, 6.45) is 2.83. The van der Waals surface area contributed by atoms with Crippen molar-refractivity contribution in [3.05, 3.63) is 39.2 Å². The Kier molecular flexibility index (Phi) is 4.37. The van der Waals surface area contributed by atoms with Crippen LogP contribution in [0.1, 0.15) is 45.4 Å². The Morgan fingerprint density at radius 2 is 2.09 bits per heavy atom. The third-order valence-corrected chi connectivity index (χ3v) is 4.41. The average Bonchev–Trinajstić information content (AvgIpc) is 2.95. The highest BCUT2D eigenvalue weighted by Crippen LogP contribution is 2.26. The van der Waals surface area contributed by atoms with Gasteiger partial charge in [-0.3, -0.25) is 9.59 Å². The molecule has 7 heteroatoms. The second-order valence-corrected chi connectivity index (χ2v) is 6.88. The van der Waals surface area contributed by atoms with Crippen molar-refractivity contribution in [3.8, 4) is 0 Å². The largest absolute Gasteiger partial charge is 0.481 e. The molecular formula is C15H18N2O4S. The second-order valence-electron chi connectivity index (χ2n) is 5.64. The fraction of sp³-hybridized carbons (Fsp3) is 0.400. The molecule has 0 atom stereocenters. The van der Waals surface area contributed by atoms with Gasteiger partial charge in [0.2, 0.25) is 0 Å². The molecule has 22 heavy (non-hydrogen) atoms. The quantitative estimate of drug-likeness (QED) is 0.883. The van der Waals surface area contributed by atoms with E-state index in [0.29, 0.717) is 5.56 Å². The van der Waals surface area contributed by atoms with E-state index in [2.05, 4.69) is 10.3 Å². The molecule has 0 aliphatic carbocycles. The topological polar surface area (TPSA) is 92.4 Å². The molecule has 2 aromatic heterocycles. The fourth-order valence-corrected chi connectivity index (χ4v) is 2.94. The molecule has 2 aromatic rings. The third kappa shape index (κ3) is 3.36. The first-order chi connectivity index (χ1) is 10.2. The van der Waals surface area contributed by atoms with Crippen molar-refractivity contribution in [1.82, 2.24) is 10.3 Å². The third-order valence-electron chi connectivity index (χ3n) is 3.17. The SMILES string of the molecule is Cc1cnc(C(C)(C)NC(=O)c2c(C)coc2CC(=O)O)s1. The summed E-state index contributed by atoms with van der Waals surface area (Å²) in [6, 6.07) is 0. The average molecular weight is 322 g/mol. The number of amides is 1. The zero-order valence-corrected chi connectivity index (χ0v) is 13.7. The molecule has 0 unspecified atom stereocenters. The molecule has 2 rings (SSSR count). The zero-order valence-electron chi connectivity index (χ0n) is 12.9. The van der Waals surface area contributed by atoms with Crippen molar-refractivity contribution in [1.29, 1.82) is 0 Å². The molecule has 2 N–H and O–H groups in total. The Balaban J connectivity index is 2.25. The minimum Gasteiger partial charge on any atom is -0.481 e. The van der Waals surface area contributed by atoms with Crippen LogP contribution in [0.5, 0.6) is 0 Å². The predicted octanol–water partition coefficient (Wildman–Crippen LogP) is 2.65. The number of aliphatic carboxylic acids is 1. The normalized spacial score (nSPS) is 11.5. The van der Waals surface area contributed by atoms with Gasteiger partial charge in [0.25, 0.3) is 5.91 Å². The van der Waals surface area contributed by atoms with E-state index in [9.17, 15) is 9.59 Å². The summed E-state index contributed by atoms with van der Waals surface area (Å²) in [5, 5.41) is 12.6. The monoisotopic (exact) mass is 322 g/mol. The number of hydrogen-bond acceptors (Lipinski definition) is 5. The molecule has 118 valence electrons. The number of furan rings is 1. The molecule has 0 fully saturated rings. The van der Waals surface area contributed by atoms with Crippen LogP contribution in [-0.4, -0.2) is 22.0 Å². The highest BCUT2D eigenvalue weighted by Gasteiger charge is 2.29. The molecule has 0 bridgehead atoms. The van der Waals surface area contributed by atoms with Gasteiger partial charge in [-0.25, -0.2) is 4.98 Å². The molecule has 0 saturated carbocycles. The number of carbonyl (C=O) groups is 2. The number of hydrogen-bond donors (Lipinski definition) is 2. The first-order valence-electron chi connectivity index (χ1n) is 6.75. The van der Waals surface area contributed by atoms with E-state index < -0.39 is 11.5 Å². The van der Waals surface area contributed by atoms with Gasteiger partial charge in [-0.2, -0.15) is 0 Å². The summed E-state index contributed by atoms with van der Waals surface area (Å²) in [5.74, 6) is -1.24. The number of carboxylic acid groups (broad SMARTS) is 1. The van der Waals surface area contributed by atoms with Crippen LogP contribution in [0.4, 0.5) is 0 Å². The number of thiazole rings is 1. The highest BCUT2D eigenvalue weighted by molar-refractivity contribution is 7.11. The van der Waals surface area contributed by atoms with E-state index in [0.717, 1.165) is 9.88 Å². The fourth-order valence-electron chi connectivity index (χ4n) is 2.11. The van der Waals surface area contributed by atoms with Crippen LogP contribution in [0.15, 0.2) is 16.9 Å². The molecule has 2 heterocycles. The lowest BCUT2D eigenvalue weighted by Crippen LogP contribution is -2.41. The van der Waals surface area contributed by atoms with Crippen LogP contribution in [0.2, 0.25) is 0 Å². The molecule has 0 aromatic carbocycles. The minimum atomic E-state index is -1.04. The minimum absolute atomic E-state index is 0.161. The van der Waals surface area contributed by atoms with Crippen molar-refractivity contribution in [3.63, 3.8) is 0 Å². The van der Waals surface area contributed by atoms with Gasteiger partial charge >= 0.3 is 5.97 Å². The van der Waals surface area contributed by atoms with Gasteiger partial charge in [-0.05, 0) is 27.7 Å². The van der Waals surface area contributed by atoms with Gasteiger partial charge in [0.15, 0.2) is 0 Å². The number of rotatable bonds is 5. The van der Waals surface area contributed by atoms with Crippen LogP contribution >= 0.6 is 11.3 Å². The maximum Gasteiger partial charge on any atom is 0.311 e. The molecule has 0 saturated heterocycles. The van der Waals surface area contributed by atoms with Gasteiger partial charge in [-0.1, -0.05) is 0 Å². The maximum atomic E-state index is 12.5. The first-order valence-corrected chi connectivity index (χ1v) is 7.56. The van der Waals surface area contributed by atoms with Crippen molar-refractivity contribution in [2.75, 3.05) is 0 Å². The maximum absolute atomic E-state index is 12.5. The Morgan fingerprint density at radius 3 is 2.64 bits per heavy atom. The summed E-state index contributed by atoms with van der Waals surface area (Å²) in [6.45, 7) is 7.37. The lowest BCUT2D eigenvalue weighted by atomic mass is 10.0. The van der Waals surface area contributed by atoms with Crippen molar-refractivity contribution in [2.45, 2.75) is 39.7 Å². The lowest BCUT2D eigenvalue weighted by molar-refractivity contribution is -0.136. The summed E-state index contributed by atoms with van der Waals surface area (Å²) < 4.78 is 5.20. The zero-order chi connectivity index (χ0) is 16.5. The van der Waals surface area contributed by atoms with E-state index in [-0.39, 0.29) is 23.7 Å². The molecule has 1 amide bonds. The standard InChI is InChI=1S/C15H18N2O4S/c1-8-7-21-10(5-11(18)19)12(8)13(20)17-15(3,4)14-16-6-9(2)22-14/h6-7H,5H2,1-4H3,(H,17,20)(H,18,19).